The lowest BCUT2D eigenvalue weighted by Crippen LogP contribution is -2.43. The van der Waals surface area contributed by atoms with Crippen molar-refractivity contribution >= 4 is 11.6 Å². The predicted molar refractivity (Wildman–Crippen MR) is 98.8 cm³/mol. The molecular formula is C20H30N4O. The molecule has 5 nitrogen and oxygen atoms in total. The van der Waals surface area contributed by atoms with E-state index in [0.717, 1.165) is 42.4 Å². The fourth-order valence-electron chi connectivity index (χ4n) is 6.21. The van der Waals surface area contributed by atoms with Crippen molar-refractivity contribution in [1.82, 2.24) is 9.97 Å². The average Bonchev–Trinajstić information content (AvgIpc) is 2.85. The monoisotopic (exact) mass is 342 g/mol. The van der Waals surface area contributed by atoms with Gasteiger partial charge >= 0.3 is 0 Å². The zero-order valence-electron chi connectivity index (χ0n) is 15.1. The molecule has 1 aromatic rings. The van der Waals surface area contributed by atoms with Crippen molar-refractivity contribution in [2.45, 2.75) is 63.5 Å². The molecule has 136 valence electrons. The number of anilines is 2. The highest BCUT2D eigenvalue weighted by Gasteiger charge is 2.43. The molecule has 0 spiro atoms. The van der Waals surface area contributed by atoms with Crippen LogP contribution in [0.5, 0.6) is 0 Å². The van der Waals surface area contributed by atoms with E-state index in [-0.39, 0.29) is 12.6 Å². The Morgan fingerprint density at radius 3 is 2.40 bits per heavy atom. The molecule has 3 aliphatic heterocycles. The van der Waals surface area contributed by atoms with Crippen molar-refractivity contribution in [3.8, 4) is 0 Å². The van der Waals surface area contributed by atoms with Crippen LogP contribution in [0.2, 0.25) is 0 Å². The van der Waals surface area contributed by atoms with Crippen molar-refractivity contribution < 1.29 is 5.11 Å². The van der Waals surface area contributed by atoms with Crippen LogP contribution in [0.25, 0.3) is 0 Å². The number of nitrogens with zero attached hydrogens (tertiary/aromatic N) is 4. The highest BCUT2D eigenvalue weighted by Crippen LogP contribution is 2.48. The van der Waals surface area contributed by atoms with E-state index in [2.05, 4.69) is 25.8 Å². The van der Waals surface area contributed by atoms with Crippen LogP contribution in [0.1, 0.15) is 51.4 Å². The number of hydrogen-bond donors (Lipinski definition) is 1. The number of aromatic nitrogens is 2. The molecule has 0 amide bonds. The molecule has 3 unspecified atom stereocenters. The zero-order valence-corrected chi connectivity index (χ0v) is 15.1. The van der Waals surface area contributed by atoms with Crippen LogP contribution in [0.3, 0.4) is 0 Å². The van der Waals surface area contributed by atoms with Gasteiger partial charge in [0.05, 0.1) is 12.6 Å². The number of rotatable bonds is 3. The number of aliphatic hydroxyl groups is 1. The molecule has 5 heteroatoms. The van der Waals surface area contributed by atoms with Gasteiger partial charge in [-0.3, -0.25) is 0 Å². The molecule has 4 bridgehead atoms. The van der Waals surface area contributed by atoms with Gasteiger partial charge in [0.15, 0.2) is 0 Å². The van der Waals surface area contributed by atoms with E-state index in [1.54, 1.807) is 6.33 Å². The number of hydrogen-bond acceptors (Lipinski definition) is 5. The molecule has 1 aromatic heterocycles. The Morgan fingerprint density at radius 1 is 0.920 bits per heavy atom. The minimum absolute atomic E-state index is 0.215. The quantitative estimate of drug-likeness (QED) is 0.915. The number of fused-ring (bicyclic) bond motifs is 1. The first-order valence-electron chi connectivity index (χ1n) is 10.3. The van der Waals surface area contributed by atoms with Gasteiger partial charge in [0.2, 0.25) is 0 Å². The highest BCUT2D eigenvalue weighted by atomic mass is 16.3. The Labute approximate surface area is 150 Å². The largest absolute Gasteiger partial charge is 0.394 e. The second-order valence-electron chi connectivity index (χ2n) is 8.84. The Kier molecular flexibility index (Phi) is 4.07. The smallest absolute Gasteiger partial charge is 0.134 e. The third-order valence-electron chi connectivity index (χ3n) is 7.17. The first kappa shape index (κ1) is 15.9. The lowest BCUT2D eigenvalue weighted by molar-refractivity contribution is 0.157. The first-order chi connectivity index (χ1) is 12.3. The molecule has 0 radical (unpaired) electrons. The summed E-state index contributed by atoms with van der Waals surface area (Å²) in [6.45, 7) is 2.40. The summed E-state index contributed by atoms with van der Waals surface area (Å²) >= 11 is 0. The minimum atomic E-state index is 0.215. The second-order valence-corrected chi connectivity index (χ2v) is 8.84. The molecule has 25 heavy (non-hydrogen) atoms. The molecule has 5 fully saturated rings. The van der Waals surface area contributed by atoms with Gasteiger partial charge < -0.3 is 14.9 Å². The average molecular weight is 342 g/mol. The maximum atomic E-state index is 9.74. The molecule has 2 saturated carbocycles. The topological polar surface area (TPSA) is 52.5 Å². The van der Waals surface area contributed by atoms with Crippen LogP contribution in [0.4, 0.5) is 11.6 Å². The maximum absolute atomic E-state index is 9.74. The summed E-state index contributed by atoms with van der Waals surface area (Å²) in [5, 5.41) is 9.74. The standard InChI is InChI=1S/C20H30N4O/c25-12-17-3-1-2-4-23(17)19-10-20(22-13-21-19)24-11-16-6-14-5-15(7-16)9-18(24)8-14/h10,13-18,25H,1-9,11-12H2. The van der Waals surface area contributed by atoms with E-state index >= 15 is 0 Å². The predicted octanol–water partition coefficient (Wildman–Crippen LogP) is 2.84. The van der Waals surface area contributed by atoms with Gasteiger partial charge in [-0.1, -0.05) is 0 Å². The van der Waals surface area contributed by atoms with Gasteiger partial charge in [0.25, 0.3) is 0 Å². The molecule has 2 aliphatic carbocycles. The molecule has 6 rings (SSSR count). The maximum Gasteiger partial charge on any atom is 0.134 e. The molecule has 0 aromatic carbocycles. The lowest BCUT2D eigenvalue weighted by Gasteiger charge is -2.39. The van der Waals surface area contributed by atoms with Crippen LogP contribution in [-0.4, -0.2) is 46.9 Å². The summed E-state index contributed by atoms with van der Waals surface area (Å²) in [4.78, 5) is 14.1. The van der Waals surface area contributed by atoms with Gasteiger partial charge in [-0.05, 0) is 69.1 Å². The fraction of sp³-hybridized carbons (Fsp3) is 0.800. The van der Waals surface area contributed by atoms with Crippen LogP contribution >= 0.6 is 0 Å². The molecule has 5 aliphatic rings. The third-order valence-corrected chi connectivity index (χ3v) is 7.17. The fourth-order valence-corrected chi connectivity index (χ4v) is 6.21. The molecule has 3 atom stereocenters. The minimum Gasteiger partial charge on any atom is -0.394 e. The summed E-state index contributed by atoms with van der Waals surface area (Å²) in [6.07, 6.45) is 12.2. The first-order valence-corrected chi connectivity index (χ1v) is 10.3. The zero-order chi connectivity index (χ0) is 16.8. The van der Waals surface area contributed by atoms with E-state index in [4.69, 9.17) is 0 Å². The van der Waals surface area contributed by atoms with E-state index in [9.17, 15) is 5.11 Å². The SMILES string of the molecule is OCC1CCCCN1c1cc(N2CC3CC4CC(C3)CC2C4)ncn1. The van der Waals surface area contributed by atoms with Gasteiger partial charge in [-0.15, -0.1) is 0 Å². The summed E-state index contributed by atoms with van der Waals surface area (Å²) < 4.78 is 0. The molecular weight excluding hydrogens is 312 g/mol. The van der Waals surface area contributed by atoms with E-state index in [1.165, 1.54) is 51.5 Å². The van der Waals surface area contributed by atoms with Crippen LogP contribution < -0.4 is 9.80 Å². The summed E-state index contributed by atoms with van der Waals surface area (Å²) in [5.74, 6) is 4.89. The van der Waals surface area contributed by atoms with Gasteiger partial charge in [-0.2, -0.15) is 0 Å². The van der Waals surface area contributed by atoms with Crippen molar-refractivity contribution in [2.24, 2.45) is 17.8 Å². The Morgan fingerprint density at radius 2 is 1.64 bits per heavy atom. The third kappa shape index (κ3) is 2.90. The Bertz CT molecular complexity index is 609. The van der Waals surface area contributed by atoms with Gasteiger partial charge in [0.1, 0.15) is 18.0 Å². The molecule has 1 N–H and O–H groups in total. The van der Waals surface area contributed by atoms with Gasteiger partial charge in [0, 0.05) is 25.2 Å². The van der Waals surface area contributed by atoms with Crippen molar-refractivity contribution in [2.75, 3.05) is 29.5 Å². The van der Waals surface area contributed by atoms with Crippen LogP contribution in [0.15, 0.2) is 12.4 Å². The van der Waals surface area contributed by atoms with Crippen molar-refractivity contribution in [3.63, 3.8) is 0 Å². The number of piperidine rings is 1. The van der Waals surface area contributed by atoms with Crippen molar-refractivity contribution in [3.05, 3.63) is 12.4 Å². The Balaban J connectivity index is 1.43. The summed E-state index contributed by atoms with van der Waals surface area (Å²) in [5.41, 5.74) is 0. The van der Waals surface area contributed by atoms with E-state index < -0.39 is 0 Å². The molecule has 4 heterocycles. The molecule has 3 saturated heterocycles. The van der Waals surface area contributed by atoms with Crippen LogP contribution in [-0.2, 0) is 0 Å². The van der Waals surface area contributed by atoms with E-state index in [1.807, 2.05) is 0 Å². The highest BCUT2D eigenvalue weighted by molar-refractivity contribution is 5.52. The lowest BCUT2D eigenvalue weighted by atomic mass is 9.68. The van der Waals surface area contributed by atoms with Gasteiger partial charge in [-0.25, -0.2) is 9.97 Å². The summed E-state index contributed by atoms with van der Waals surface area (Å²) in [6, 6.07) is 3.09. The number of aliphatic hydroxyl groups excluding tert-OH is 1. The second kappa shape index (κ2) is 6.42. The van der Waals surface area contributed by atoms with Crippen LogP contribution in [0, 0.1) is 17.8 Å². The van der Waals surface area contributed by atoms with Crippen molar-refractivity contribution in [1.29, 1.82) is 0 Å². The van der Waals surface area contributed by atoms with E-state index in [0.29, 0.717) is 6.04 Å². The summed E-state index contributed by atoms with van der Waals surface area (Å²) in [7, 11) is 0. The normalized spacial score (nSPS) is 37.4. The Hall–Kier alpha value is -1.36.